The highest BCUT2D eigenvalue weighted by Gasteiger charge is 1.88. The minimum atomic E-state index is -0.481. The van der Waals surface area contributed by atoms with Gasteiger partial charge in [0.15, 0.2) is 0 Å². The van der Waals surface area contributed by atoms with Crippen LogP contribution < -0.4 is 4.83 Å². The van der Waals surface area contributed by atoms with Gasteiger partial charge >= 0.3 is 0 Å². The third kappa shape index (κ3) is 1.24. The molecule has 1 N–H and O–H groups in total. The number of hydrogen-bond donors (Lipinski definition) is 1. The summed E-state index contributed by atoms with van der Waals surface area (Å²) in [5, 5.41) is 8.54. The highest BCUT2D eigenvalue weighted by Crippen LogP contribution is 1.89. The maximum Gasteiger partial charge on any atom is 0.147 e. The summed E-state index contributed by atoms with van der Waals surface area (Å²) >= 11 is 0. The summed E-state index contributed by atoms with van der Waals surface area (Å²) in [6.07, 6.45) is 1.50. The van der Waals surface area contributed by atoms with Gasteiger partial charge in [0.1, 0.15) is 10.2 Å². The largest absolute Gasteiger partial charge is 0.224 e. The lowest BCUT2D eigenvalue weighted by atomic mass is 11.1. The predicted molar refractivity (Wildman–Crippen MR) is 32.6 cm³/mol. The molecule has 1 aliphatic heterocycles. The van der Waals surface area contributed by atoms with Crippen LogP contribution in [0.1, 0.15) is 0 Å². The molecule has 0 amide bonds. The zero-order chi connectivity index (χ0) is 5.82. The first-order valence-corrected chi connectivity index (χ1v) is 4.33. The van der Waals surface area contributed by atoms with Gasteiger partial charge in [-0.15, -0.1) is 5.11 Å². The Kier molecular flexibility index (Phi) is 1.93. The molecule has 44 valence electrons. The van der Waals surface area contributed by atoms with Crippen molar-refractivity contribution < 1.29 is 4.21 Å². The smallest absolute Gasteiger partial charge is 0.147 e. The Morgan fingerprint density at radius 1 is 1.75 bits per heavy atom. The Bertz CT molecular complexity index is 191. The maximum atomic E-state index is 10.00. The van der Waals surface area contributed by atoms with Gasteiger partial charge in [0, 0.05) is 15.0 Å². The fourth-order valence-electron chi connectivity index (χ4n) is 0.248. The second-order valence-electron chi connectivity index (χ2n) is 0.957. The molecular formula is C2H3N3OS2. The summed E-state index contributed by atoms with van der Waals surface area (Å²) in [6.45, 7) is 0. The maximum absolute atomic E-state index is 10.00. The molecule has 0 fully saturated rings. The van der Waals surface area contributed by atoms with Crippen molar-refractivity contribution in [3.05, 3.63) is 11.6 Å². The average molecular weight is 149 g/mol. The molecule has 0 saturated heterocycles. The summed E-state index contributed by atoms with van der Waals surface area (Å²) in [5.41, 5.74) is 0. The van der Waals surface area contributed by atoms with Gasteiger partial charge in [0.25, 0.3) is 0 Å². The van der Waals surface area contributed by atoms with E-state index in [1.165, 1.54) is 6.20 Å². The second-order valence-corrected chi connectivity index (χ2v) is 3.63. The first-order chi connectivity index (χ1) is 3.93. The van der Waals surface area contributed by atoms with Gasteiger partial charge in [-0.25, -0.2) is 9.04 Å². The van der Waals surface area contributed by atoms with Crippen LogP contribution in [0.15, 0.2) is 21.9 Å². The lowest BCUT2D eigenvalue weighted by Gasteiger charge is -1.95. The Balaban J connectivity index is 2.80. The third-order valence-corrected chi connectivity index (χ3v) is 2.29. The van der Waals surface area contributed by atoms with Crippen molar-refractivity contribution in [1.82, 2.24) is 4.83 Å². The first-order valence-electron chi connectivity index (χ1n) is 1.79. The van der Waals surface area contributed by atoms with Crippen LogP contribution in [0, 0.1) is 0 Å². The van der Waals surface area contributed by atoms with Crippen LogP contribution in [-0.4, -0.2) is 4.21 Å². The summed E-state index contributed by atoms with van der Waals surface area (Å²) in [5.74, 6) is 0. The molecule has 0 bridgehead atoms. The summed E-state index contributed by atoms with van der Waals surface area (Å²) in [4.78, 5) is 2.52. The standard InChI is InChI=1S/C2H3N3OS2/c6-7-8-2-1-3-4-5-8/h1-2H,(H,3,5). The molecule has 6 heteroatoms. The fraction of sp³-hybridized carbons (Fsp3) is 0. The lowest BCUT2D eigenvalue weighted by Crippen LogP contribution is -2.06. The highest BCUT2D eigenvalue weighted by atomic mass is 32.8. The third-order valence-electron chi connectivity index (χ3n) is 0.513. The van der Waals surface area contributed by atoms with E-state index in [9.17, 15) is 4.21 Å². The van der Waals surface area contributed by atoms with E-state index >= 15 is 0 Å². The van der Waals surface area contributed by atoms with E-state index in [4.69, 9.17) is 0 Å². The Morgan fingerprint density at radius 3 is 3.00 bits per heavy atom. The van der Waals surface area contributed by atoms with Crippen molar-refractivity contribution in [1.29, 1.82) is 0 Å². The van der Waals surface area contributed by atoms with Crippen LogP contribution in [0.3, 0.4) is 0 Å². The Hall–Kier alpha value is -0.490. The average Bonchev–Trinajstić information content (AvgIpc) is 1.90. The van der Waals surface area contributed by atoms with Gasteiger partial charge in [-0.05, 0) is 0 Å². The molecule has 0 spiro atoms. The monoisotopic (exact) mass is 149 g/mol. The highest BCUT2D eigenvalue weighted by molar-refractivity contribution is 8.31. The summed E-state index contributed by atoms with van der Waals surface area (Å²) in [7, 11) is -0.00963. The molecule has 1 aliphatic rings. The van der Waals surface area contributed by atoms with Crippen molar-refractivity contribution in [2.24, 2.45) is 10.3 Å². The van der Waals surface area contributed by atoms with Gasteiger partial charge in [-0.3, -0.25) is 0 Å². The molecule has 0 aromatic carbocycles. The van der Waals surface area contributed by atoms with Crippen molar-refractivity contribution in [3.63, 3.8) is 0 Å². The van der Waals surface area contributed by atoms with Crippen molar-refractivity contribution in [2.75, 3.05) is 0 Å². The van der Waals surface area contributed by atoms with E-state index in [0.717, 1.165) is 0 Å². The molecule has 0 saturated carbocycles. The zero-order valence-corrected chi connectivity index (χ0v) is 5.41. The van der Waals surface area contributed by atoms with Crippen LogP contribution in [0.5, 0.6) is 0 Å². The number of nitrogens with one attached hydrogen (secondary N) is 1. The molecule has 0 aromatic rings. The van der Waals surface area contributed by atoms with Crippen LogP contribution in [-0.2, 0) is 19.9 Å². The zero-order valence-electron chi connectivity index (χ0n) is 3.77. The van der Waals surface area contributed by atoms with Crippen LogP contribution in [0.25, 0.3) is 0 Å². The van der Waals surface area contributed by atoms with Gasteiger partial charge in [-0.2, -0.15) is 0 Å². The molecule has 1 rings (SSSR count). The van der Waals surface area contributed by atoms with Gasteiger partial charge in [0.2, 0.25) is 0 Å². The van der Waals surface area contributed by atoms with E-state index < -0.39 is 9.64 Å². The van der Waals surface area contributed by atoms with Gasteiger partial charge in [0.05, 0.1) is 6.20 Å². The normalized spacial score (nSPS) is 24.8. The molecule has 1 unspecified atom stereocenters. The first kappa shape index (κ1) is 5.64. The molecule has 4 nitrogen and oxygen atoms in total. The van der Waals surface area contributed by atoms with E-state index in [2.05, 4.69) is 15.2 Å². The van der Waals surface area contributed by atoms with Crippen molar-refractivity contribution >= 4 is 19.9 Å². The molecule has 0 radical (unpaired) electrons. The van der Waals surface area contributed by atoms with E-state index in [1.54, 1.807) is 5.41 Å². The minimum Gasteiger partial charge on any atom is -0.224 e. The van der Waals surface area contributed by atoms with E-state index in [-0.39, 0.29) is 0 Å². The Morgan fingerprint density at radius 2 is 2.62 bits per heavy atom. The van der Waals surface area contributed by atoms with Gasteiger partial charge in [-0.1, -0.05) is 5.22 Å². The van der Waals surface area contributed by atoms with Crippen LogP contribution >= 0.6 is 0 Å². The molecule has 1 atom stereocenters. The molecular weight excluding hydrogens is 146 g/mol. The summed E-state index contributed by atoms with van der Waals surface area (Å²) < 4.78 is 10.00. The van der Waals surface area contributed by atoms with Crippen molar-refractivity contribution in [2.45, 2.75) is 0 Å². The van der Waals surface area contributed by atoms with E-state index in [1.807, 2.05) is 0 Å². The second kappa shape index (κ2) is 2.73. The van der Waals surface area contributed by atoms with Crippen LogP contribution in [0.4, 0.5) is 0 Å². The lowest BCUT2D eigenvalue weighted by molar-refractivity contribution is 0.701. The summed E-state index contributed by atoms with van der Waals surface area (Å²) in [6, 6.07) is 0. The Labute approximate surface area is 51.5 Å². The number of nitrogens with zero attached hydrogens (tertiary/aromatic N) is 2. The van der Waals surface area contributed by atoms with Gasteiger partial charge < -0.3 is 0 Å². The molecule has 8 heavy (non-hydrogen) atoms. The fourth-order valence-corrected chi connectivity index (χ4v) is 1.15. The SMILES string of the molecule is O=S=S1C=CN=NN1. The molecule has 0 aromatic heterocycles. The molecule has 0 aliphatic carbocycles. The van der Waals surface area contributed by atoms with Crippen molar-refractivity contribution in [3.8, 4) is 0 Å². The predicted octanol–water partition coefficient (Wildman–Crippen LogP) is 0.0893. The number of rotatable bonds is 0. The topological polar surface area (TPSA) is 53.8 Å². The quantitative estimate of drug-likeness (QED) is 0.530. The van der Waals surface area contributed by atoms with Crippen LogP contribution in [0.2, 0.25) is 0 Å². The number of hydrogen-bond acceptors (Lipinski definition) is 3. The minimum absolute atomic E-state index is 0.472. The molecule has 1 heterocycles. The van der Waals surface area contributed by atoms with E-state index in [0.29, 0.717) is 10.2 Å².